The van der Waals surface area contributed by atoms with Gasteiger partial charge >= 0.3 is 0 Å². The first-order valence-corrected chi connectivity index (χ1v) is 19.3. The number of hydrogen-bond acceptors (Lipinski definition) is 8. The van der Waals surface area contributed by atoms with E-state index in [9.17, 15) is 15.3 Å². The predicted octanol–water partition coefficient (Wildman–Crippen LogP) is 5.40. The molecule has 0 aromatic heterocycles. The molecule has 47 heavy (non-hydrogen) atoms. The third-order valence-corrected chi connectivity index (χ3v) is 16.7. The number of methoxy groups -OCH3 is 1. The van der Waals surface area contributed by atoms with Gasteiger partial charge in [-0.2, -0.15) is 0 Å². The fourth-order valence-corrected chi connectivity index (χ4v) is 13.9. The molecule has 2 aliphatic heterocycles. The van der Waals surface area contributed by atoms with Crippen molar-refractivity contribution in [3.8, 4) is 0 Å². The first kappa shape index (κ1) is 35.1. The van der Waals surface area contributed by atoms with Gasteiger partial charge in [0.2, 0.25) is 0 Å². The zero-order chi connectivity index (χ0) is 33.8. The van der Waals surface area contributed by atoms with Gasteiger partial charge in [-0.15, -0.1) is 0 Å². The Bertz CT molecular complexity index is 1150. The highest BCUT2D eigenvalue weighted by atomic mass is 16.7. The second kappa shape index (κ2) is 11.9. The van der Waals surface area contributed by atoms with Gasteiger partial charge in [0, 0.05) is 38.3 Å². The first-order chi connectivity index (χ1) is 22.0. The molecular formula is C39H67NO7. The summed E-state index contributed by atoms with van der Waals surface area (Å²) >= 11 is 0. The third-order valence-electron chi connectivity index (χ3n) is 16.7. The van der Waals surface area contributed by atoms with E-state index >= 15 is 0 Å². The number of nitrogens with zero attached hydrogens (tertiary/aromatic N) is 1. The van der Waals surface area contributed by atoms with Gasteiger partial charge in [-0.25, -0.2) is 0 Å². The zero-order valence-corrected chi connectivity index (χ0v) is 30.8. The molecule has 7 aliphatic rings. The largest absolute Gasteiger partial charge is 0.393 e. The average molecular weight is 662 g/mol. The van der Waals surface area contributed by atoms with E-state index in [4.69, 9.17) is 18.9 Å². The summed E-state index contributed by atoms with van der Waals surface area (Å²) in [7, 11) is 1.64. The first-order valence-electron chi connectivity index (χ1n) is 19.3. The fraction of sp³-hybridized carbons (Fsp3) is 1.00. The van der Waals surface area contributed by atoms with Crippen molar-refractivity contribution in [2.45, 2.75) is 155 Å². The lowest BCUT2D eigenvalue weighted by atomic mass is 9.41. The monoisotopic (exact) mass is 661 g/mol. The van der Waals surface area contributed by atoms with E-state index in [0.29, 0.717) is 41.0 Å². The van der Waals surface area contributed by atoms with Crippen molar-refractivity contribution in [1.82, 2.24) is 4.90 Å². The van der Waals surface area contributed by atoms with Gasteiger partial charge < -0.3 is 34.3 Å². The summed E-state index contributed by atoms with van der Waals surface area (Å²) in [6.07, 6.45) is 9.45. The van der Waals surface area contributed by atoms with Crippen LogP contribution in [-0.2, 0) is 18.9 Å². The van der Waals surface area contributed by atoms with Crippen LogP contribution in [0.25, 0.3) is 0 Å². The number of aliphatic hydroxyl groups excluding tert-OH is 2. The van der Waals surface area contributed by atoms with Gasteiger partial charge in [-0.3, -0.25) is 4.90 Å². The standard InChI is InChI=1S/C39H67NO7/c1-24(19-27(44-8)33(42)35(4,5)43)26-20-30(41)37(7)29-10-9-28-34(2,3)31(11-13-38(28)23-39(29,38)15-14-36(26,37)6)47-32-21-40(16-18-46-32)25-12-17-45-22-25/h24-33,41-43H,9-23H2,1-8H3/t24-,25-,26?,27?,28+,29?,30+,31?,32?,33?,36?,37-,38?,39?/m1/s1. The molecule has 5 saturated carbocycles. The maximum Gasteiger partial charge on any atom is 0.170 e. The smallest absolute Gasteiger partial charge is 0.170 e. The summed E-state index contributed by atoms with van der Waals surface area (Å²) in [5, 5.41) is 33.6. The molecule has 8 heteroatoms. The van der Waals surface area contributed by atoms with Crippen LogP contribution >= 0.6 is 0 Å². The highest BCUT2D eigenvalue weighted by Crippen LogP contribution is 2.89. The maximum atomic E-state index is 12.1. The SMILES string of the molecule is COC(C[C@@H](C)C1C[C@H](O)[C@@]2(C)C3CC[C@H]4C(C)(C)C(OC5CN([C@@H]6CCOC6)CCO5)CCC45CC35CCC12C)C(O)C(C)(C)O. The van der Waals surface area contributed by atoms with E-state index in [1.165, 1.54) is 32.1 Å². The van der Waals surface area contributed by atoms with E-state index in [2.05, 4.69) is 39.5 Å². The molecule has 2 spiro atoms. The highest BCUT2D eigenvalue weighted by molar-refractivity contribution is 5.31. The van der Waals surface area contributed by atoms with E-state index in [1.54, 1.807) is 21.0 Å². The summed E-state index contributed by atoms with van der Waals surface area (Å²) < 4.78 is 24.6. The lowest BCUT2D eigenvalue weighted by Gasteiger charge is -2.64. The second-order valence-corrected chi connectivity index (χ2v) is 19.1. The number of rotatable bonds is 9. The van der Waals surface area contributed by atoms with E-state index in [-0.39, 0.29) is 40.7 Å². The van der Waals surface area contributed by atoms with Crippen molar-refractivity contribution in [1.29, 1.82) is 0 Å². The molecule has 270 valence electrons. The lowest BCUT2D eigenvalue weighted by molar-refractivity contribution is -0.251. The van der Waals surface area contributed by atoms with Gasteiger partial charge in [-0.05, 0) is 123 Å². The van der Waals surface area contributed by atoms with Gasteiger partial charge in [-0.1, -0.05) is 34.6 Å². The van der Waals surface area contributed by atoms with Crippen LogP contribution in [0.4, 0.5) is 0 Å². The summed E-state index contributed by atoms with van der Waals surface area (Å²) in [5.74, 6) is 1.79. The predicted molar refractivity (Wildman–Crippen MR) is 181 cm³/mol. The number of aliphatic hydroxyl groups is 3. The minimum atomic E-state index is -1.23. The fourth-order valence-electron chi connectivity index (χ4n) is 13.9. The Morgan fingerprint density at radius 3 is 2.38 bits per heavy atom. The van der Waals surface area contributed by atoms with Gasteiger partial charge in [0.1, 0.15) is 6.10 Å². The molecule has 0 amide bonds. The molecule has 0 bridgehead atoms. The van der Waals surface area contributed by atoms with Crippen molar-refractivity contribution >= 4 is 0 Å². The molecule has 8 nitrogen and oxygen atoms in total. The topological polar surface area (TPSA) is 101 Å². The van der Waals surface area contributed by atoms with Crippen molar-refractivity contribution in [3.63, 3.8) is 0 Å². The summed E-state index contributed by atoms with van der Waals surface area (Å²) in [6.45, 7) is 19.8. The molecule has 0 aromatic rings. The van der Waals surface area contributed by atoms with Crippen LogP contribution in [0.2, 0.25) is 0 Å². The molecule has 0 aromatic carbocycles. The van der Waals surface area contributed by atoms with E-state index in [1.807, 2.05) is 0 Å². The van der Waals surface area contributed by atoms with E-state index < -0.39 is 17.8 Å². The minimum absolute atomic E-state index is 0.0285. The quantitative estimate of drug-likeness (QED) is 0.302. The number of ether oxygens (including phenoxy) is 4. The summed E-state index contributed by atoms with van der Waals surface area (Å²) in [5.41, 5.74) is -0.545. The zero-order valence-electron chi connectivity index (χ0n) is 30.8. The molecule has 7 fully saturated rings. The van der Waals surface area contributed by atoms with Gasteiger partial charge in [0.05, 0.1) is 37.1 Å². The van der Waals surface area contributed by atoms with Crippen LogP contribution < -0.4 is 0 Å². The molecular weight excluding hydrogens is 594 g/mol. The van der Waals surface area contributed by atoms with Crippen LogP contribution in [0.3, 0.4) is 0 Å². The number of hydrogen-bond donors (Lipinski definition) is 3. The van der Waals surface area contributed by atoms with Crippen LogP contribution in [0.5, 0.6) is 0 Å². The summed E-state index contributed by atoms with van der Waals surface area (Å²) in [4.78, 5) is 2.53. The van der Waals surface area contributed by atoms with Crippen molar-refractivity contribution in [2.75, 3.05) is 40.0 Å². The molecule has 0 radical (unpaired) electrons. The molecule has 3 N–H and O–H groups in total. The third kappa shape index (κ3) is 5.10. The Morgan fingerprint density at radius 2 is 1.70 bits per heavy atom. The molecule has 7 rings (SSSR count). The molecule has 9 unspecified atom stereocenters. The van der Waals surface area contributed by atoms with Crippen LogP contribution in [0, 0.1) is 50.7 Å². The minimum Gasteiger partial charge on any atom is -0.393 e. The molecule has 2 heterocycles. The van der Waals surface area contributed by atoms with Gasteiger partial charge in [0.25, 0.3) is 0 Å². The van der Waals surface area contributed by atoms with Crippen LogP contribution in [0.15, 0.2) is 0 Å². The summed E-state index contributed by atoms with van der Waals surface area (Å²) in [6, 6.07) is 0.502. The Labute approximate surface area is 284 Å². The molecule has 5 aliphatic carbocycles. The molecule has 14 atom stereocenters. The highest BCUT2D eigenvalue weighted by Gasteiger charge is 2.83. The Balaban J connectivity index is 1.07. The number of fused-ring (bicyclic) bond motifs is 2. The van der Waals surface area contributed by atoms with Crippen molar-refractivity contribution < 1.29 is 34.3 Å². The molecule has 2 saturated heterocycles. The van der Waals surface area contributed by atoms with Crippen molar-refractivity contribution in [2.24, 2.45) is 50.7 Å². The Morgan fingerprint density at radius 1 is 0.979 bits per heavy atom. The Hall–Kier alpha value is -0.320. The lowest BCUT2D eigenvalue weighted by Crippen LogP contribution is -2.60. The average Bonchev–Trinajstić information content (AvgIpc) is 3.27. The Kier molecular flexibility index (Phi) is 8.86. The number of morpholine rings is 1. The second-order valence-electron chi connectivity index (χ2n) is 19.1. The van der Waals surface area contributed by atoms with Crippen LogP contribution in [0.1, 0.15) is 113 Å². The van der Waals surface area contributed by atoms with Gasteiger partial charge in [0.15, 0.2) is 6.29 Å². The maximum absolute atomic E-state index is 12.1. The van der Waals surface area contributed by atoms with Crippen molar-refractivity contribution in [3.05, 3.63) is 0 Å². The normalized spacial score (nSPS) is 49.7. The van der Waals surface area contributed by atoms with Crippen LogP contribution in [-0.4, -0.2) is 103 Å². The van der Waals surface area contributed by atoms with E-state index in [0.717, 1.165) is 58.6 Å².